The second-order valence-electron chi connectivity index (χ2n) is 8.80. The molecule has 4 heteroatoms. The topological polar surface area (TPSA) is 49.4 Å². The first-order valence-electron chi connectivity index (χ1n) is 9.79. The van der Waals surface area contributed by atoms with E-state index in [9.17, 15) is 9.59 Å². The van der Waals surface area contributed by atoms with Crippen LogP contribution in [0, 0.1) is 23.2 Å². The quantitative estimate of drug-likeness (QED) is 0.921. The van der Waals surface area contributed by atoms with Gasteiger partial charge in [-0.15, -0.1) is 0 Å². The predicted octanol–water partition coefficient (Wildman–Crippen LogP) is 2.91. The van der Waals surface area contributed by atoms with Crippen LogP contribution in [0.1, 0.15) is 44.1 Å². The molecule has 1 aliphatic heterocycles. The Morgan fingerprint density at radius 1 is 1.04 bits per heavy atom. The molecule has 1 heterocycles. The minimum Gasteiger partial charge on any atom is -0.347 e. The van der Waals surface area contributed by atoms with Crippen molar-refractivity contribution in [3.63, 3.8) is 0 Å². The van der Waals surface area contributed by atoms with E-state index in [4.69, 9.17) is 0 Å². The summed E-state index contributed by atoms with van der Waals surface area (Å²) >= 11 is 0. The summed E-state index contributed by atoms with van der Waals surface area (Å²) < 4.78 is 0. The van der Waals surface area contributed by atoms with Crippen molar-refractivity contribution >= 4 is 17.5 Å². The highest BCUT2D eigenvalue weighted by Crippen LogP contribution is 2.60. The number of rotatable bonds is 3. The molecule has 0 aromatic heterocycles. The maximum atomic E-state index is 13.0. The second-order valence-corrected chi connectivity index (χ2v) is 8.80. The minimum atomic E-state index is -0.169. The van der Waals surface area contributed by atoms with E-state index in [0.717, 1.165) is 55.7 Å². The van der Waals surface area contributed by atoms with Crippen molar-refractivity contribution in [2.24, 2.45) is 23.2 Å². The highest BCUT2D eigenvalue weighted by Gasteiger charge is 2.54. The monoisotopic (exact) mass is 338 g/mol. The van der Waals surface area contributed by atoms with Crippen molar-refractivity contribution in [1.82, 2.24) is 5.32 Å². The molecule has 4 bridgehead atoms. The summed E-state index contributed by atoms with van der Waals surface area (Å²) in [5.41, 5.74) is 2.07. The molecule has 0 radical (unpaired) electrons. The molecule has 0 saturated heterocycles. The van der Waals surface area contributed by atoms with Gasteiger partial charge in [0.2, 0.25) is 11.8 Å². The summed E-state index contributed by atoms with van der Waals surface area (Å²) in [6, 6.07) is 8.07. The van der Waals surface area contributed by atoms with Gasteiger partial charge in [-0.3, -0.25) is 9.59 Å². The maximum absolute atomic E-state index is 13.0. The number of carbonyl (C=O) groups is 2. The zero-order chi connectivity index (χ0) is 17.0. The lowest BCUT2D eigenvalue weighted by Gasteiger charge is -2.55. The molecular formula is C21H26N2O2. The van der Waals surface area contributed by atoms with Gasteiger partial charge in [-0.2, -0.15) is 0 Å². The Hall–Kier alpha value is -1.84. The second kappa shape index (κ2) is 5.58. The van der Waals surface area contributed by atoms with E-state index in [1.165, 1.54) is 24.8 Å². The first kappa shape index (κ1) is 15.4. The molecular weight excluding hydrogens is 312 g/mol. The number of nitrogens with one attached hydrogen (secondary N) is 1. The standard InChI is InChI=1S/C21H26N2O2/c24-19(23-6-5-17-3-1-2-4-18(17)23)13-22-20(25)21-10-14-7-15(11-21)9-16(8-14)12-21/h1-4,14-16H,5-13H2,(H,22,25). The van der Waals surface area contributed by atoms with E-state index < -0.39 is 0 Å². The third-order valence-electron chi connectivity index (χ3n) is 7.11. The summed E-state index contributed by atoms with van der Waals surface area (Å²) in [5, 5.41) is 3.02. The molecule has 0 unspecified atom stereocenters. The largest absolute Gasteiger partial charge is 0.347 e. The van der Waals surface area contributed by atoms with Crippen LogP contribution in [0.3, 0.4) is 0 Å². The van der Waals surface area contributed by atoms with Gasteiger partial charge in [0.25, 0.3) is 0 Å². The Labute approximate surface area is 149 Å². The zero-order valence-electron chi connectivity index (χ0n) is 14.7. The number of hydrogen-bond acceptors (Lipinski definition) is 2. The van der Waals surface area contributed by atoms with Gasteiger partial charge in [-0.1, -0.05) is 18.2 Å². The molecule has 132 valence electrons. The van der Waals surface area contributed by atoms with Crippen LogP contribution in [-0.4, -0.2) is 24.9 Å². The molecule has 1 aromatic rings. The van der Waals surface area contributed by atoms with Crippen molar-refractivity contribution in [3.8, 4) is 0 Å². The van der Waals surface area contributed by atoms with Crippen molar-refractivity contribution in [2.75, 3.05) is 18.0 Å². The van der Waals surface area contributed by atoms with Gasteiger partial charge in [0.05, 0.1) is 6.54 Å². The number of nitrogens with zero attached hydrogens (tertiary/aromatic N) is 1. The minimum absolute atomic E-state index is 0.0167. The number of amides is 2. The molecule has 4 nitrogen and oxygen atoms in total. The van der Waals surface area contributed by atoms with Crippen LogP contribution < -0.4 is 10.2 Å². The molecule has 1 aromatic carbocycles. The van der Waals surface area contributed by atoms with Crippen LogP contribution >= 0.6 is 0 Å². The van der Waals surface area contributed by atoms with Gasteiger partial charge in [0.15, 0.2) is 0 Å². The lowest BCUT2D eigenvalue weighted by molar-refractivity contribution is -0.147. The number of hydrogen-bond donors (Lipinski definition) is 1. The van der Waals surface area contributed by atoms with Gasteiger partial charge in [0.1, 0.15) is 0 Å². The fourth-order valence-corrected chi connectivity index (χ4v) is 6.42. The Balaban J connectivity index is 1.25. The van der Waals surface area contributed by atoms with Crippen molar-refractivity contribution in [2.45, 2.75) is 44.9 Å². The number of anilines is 1. The lowest BCUT2D eigenvalue weighted by atomic mass is 9.49. The van der Waals surface area contributed by atoms with Crippen LogP contribution in [0.25, 0.3) is 0 Å². The first-order valence-corrected chi connectivity index (χ1v) is 9.79. The van der Waals surface area contributed by atoms with Crippen LogP contribution in [0.5, 0.6) is 0 Å². The average molecular weight is 338 g/mol. The number of benzene rings is 1. The Bertz CT molecular complexity index is 691. The van der Waals surface area contributed by atoms with E-state index in [0.29, 0.717) is 0 Å². The van der Waals surface area contributed by atoms with Crippen LogP contribution in [0.2, 0.25) is 0 Å². The van der Waals surface area contributed by atoms with Gasteiger partial charge in [-0.05, 0) is 74.3 Å². The fourth-order valence-electron chi connectivity index (χ4n) is 6.42. The van der Waals surface area contributed by atoms with E-state index in [2.05, 4.69) is 11.4 Å². The highest BCUT2D eigenvalue weighted by atomic mass is 16.2. The van der Waals surface area contributed by atoms with E-state index in [-0.39, 0.29) is 23.8 Å². The summed E-state index contributed by atoms with van der Waals surface area (Å²) in [5.74, 6) is 2.41. The lowest BCUT2D eigenvalue weighted by Crippen LogP contribution is -2.54. The average Bonchev–Trinajstić information content (AvgIpc) is 3.02. The van der Waals surface area contributed by atoms with Crippen LogP contribution in [0.4, 0.5) is 5.69 Å². The SMILES string of the molecule is O=C(CNC(=O)C12CC3CC(CC(C3)C1)C2)N1CCc2ccccc21. The van der Waals surface area contributed by atoms with Gasteiger partial charge in [0, 0.05) is 17.6 Å². The molecule has 0 atom stereocenters. The van der Waals surface area contributed by atoms with Crippen molar-refractivity contribution in [1.29, 1.82) is 0 Å². The van der Waals surface area contributed by atoms with Crippen molar-refractivity contribution < 1.29 is 9.59 Å². The molecule has 4 fully saturated rings. The van der Waals surface area contributed by atoms with Gasteiger partial charge >= 0.3 is 0 Å². The van der Waals surface area contributed by atoms with E-state index in [1.54, 1.807) is 0 Å². The van der Waals surface area contributed by atoms with Crippen LogP contribution in [0.15, 0.2) is 24.3 Å². The highest BCUT2D eigenvalue weighted by molar-refractivity contribution is 5.99. The summed E-state index contributed by atoms with van der Waals surface area (Å²) in [6.45, 7) is 0.861. The molecule has 2 amide bonds. The maximum Gasteiger partial charge on any atom is 0.246 e. The third-order valence-corrected chi connectivity index (χ3v) is 7.11. The zero-order valence-corrected chi connectivity index (χ0v) is 14.7. The molecule has 6 rings (SSSR count). The molecule has 4 aliphatic carbocycles. The molecule has 0 spiro atoms. The summed E-state index contributed by atoms with van der Waals surface area (Å²) in [7, 11) is 0. The number of fused-ring (bicyclic) bond motifs is 1. The number of carbonyl (C=O) groups excluding carboxylic acids is 2. The summed E-state index contributed by atoms with van der Waals surface area (Å²) in [4.78, 5) is 27.5. The smallest absolute Gasteiger partial charge is 0.246 e. The molecule has 4 saturated carbocycles. The summed E-state index contributed by atoms with van der Waals surface area (Å²) in [6.07, 6.45) is 8.04. The Morgan fingerprint density at radius 3 is 2.36 bits per heavy atom. The molecule has 1 N–H and O–H groups in total. The molecule has 25 heavy (non-hydrogen) atoms. The van der Waals surface area contributed by atoms with E-state index in [1.807, 2.05) is 23.1 Å². The fraction of sp³-hybridized carbons (Fsp3) is 0.619. The van der Waals surface area contributed by atoms with Crippen LogP contribution in [-0.2, 0) is 16.0 Å². The predicted molar refractivity (Wildman–Crippen MR) is 96.1 cm³/mol. The molecule has 5 aliphatic rings. The third kappa shape index (κ3) is 2.49. The Kier molecular flexibility index (Phi) is 3.44. The first-order chi connectivity index (χ1) is 12.1. The number of para-hydroxylation sites is 1. The Morgan fingerprint density at radius 2 is 1.68 bits per heavy atom. The van der Waals surface area contributed by atoms with Gasteiger partial charge in [-0.25, -0.2) is 0 Å². The van der Waals surface area contributed by atoms with E-state index >= 15 is 0 Å². The van der Waals surface area contributed by atoms with Gasteiger partial charge < -0.3 is 10.2 Å². The van der Waals surface area contributed by atoms with Crippen molar-refractivity contribution in [3.05, 3.63) is 29.8 Å². The normalized spacial score (nSPS) is 34.9.